The van der Waals surface area contributed by atoms with E-state index in [1.54, 1.807) is 4.90 Å². The molecule has 0 aromatic carbocycles. The zero-order valence-corrected chi connectivity index (χ0v) is 11.4. The summed E-state index contributed by atoms with van der Waals surface area (Å²) >= 11 is 0. The lowest BCUT2D eigenvalue weighted by Gasteiger charge is -2.35. The number of likely N-dealkylation sites (tertiary alicyclic amines) is 1. The summed E-state index contributed by atoms with van der Waals surface area (Å²) in [5, 5.41) is 9.56. The van der Waals surface area contributed by atoms with E-state index >= 15 is 0 Å². The first kappa shape index (κ1) is 13.1. The SMILES string of the molecule is O=C1CC2(CCCCC2)C(=O)N1C1CCC(O)CC1. The summed E-state index contributed by atoms with van der Waals surface area (Å²) < 4.78 is 0. The molecule has 4 nitrogen and oxygen atoms in total. The molecule has 3 rings (SSSR count). The molecular formula is C15H23NO3. The van der Waals surface area contributed by atoms with Gasteiger partial charge in [0.2, 0.25) is 11.8 Å². The van der Waals surface area contributed by atoms with Gasteiger partial charge in [-0.25, -0.2) is 0 Å². The van der Waals surface area contributed by atoms with Gasteiger partial charge in [0, 0.05) is 12.5 Å². The minimum Gasteiger partial charge on any atom is -0.393 e. The fourth-order valence-electron chi connectivity index (χ4n) is 4.12. The van der Waals surface area contributed by atoms with Crippen molar-refractivity contribution in [3.63, 3.8) is 0 Å². The van der Waals surface area contributed by atoms with Gasteiger partial charge in [-0.05, 0) is 38.5 Å². The molecule has 3 fully saturated rings. The molecule has 1 aliphatic heterocycles. The molecule has 0 aromatic heterocycles. The number of hydrogen-bond donors (Lipinski definition) is 1. The molecule has 1 N–H and O–H groups in total. The average Bonchev–Trinajstić information content (AvgIpc) is 2.64. The molecule has 0 radical (unpaired) electrons. The summed E-state index contributed by atoms with van der Waals surface area (Å²) in [4.78, 5) is 26.6. The Kier molecular flexibility index (Phi) is 3.37. The highest BCUT2D eigenvalue weighted by molar-refractivity contribution is 6.06. The van der Waals surface area contributed by atoms with Gasteiger partial charge in [0.15, 0.2) is 0 Å². The molecule has 1 heterocycles. The standard InChI is InChI=1S/C15H23NO3/c17-12-6-4-11(5-7-12)16-13(18)10-15(14(16)19)8-2-1-3-9-15/h11-12,17H,1-10H2. The van der Waals surface area contributed by atoms with E-state index in [2.05, 4.69) is 0 Å². The lowest BCUT2D eigenvalue weighted by atomic mass is 9.73. The lowest BCUT2D eigenvalue weighted by molar-refractivity contribution is -0.146. The Morgan fingerprint density at radius 1 is 1.00 bits per heavy atom. The number of amides is 2. The third-order valence-electron chi connectivity index (χ3n) is 5.27. The minimum atomic E-state index is -0.356. The average molecular weight is 265 g/mol. The Bertz CT molecular complexity index is 379. The molecular weight excluding hydrogens is 242 g/mol. The third kappa shape index (κ3) is 2.20. The summed E-state index contributed by atoms with van der Waals surface area (Å²) in [6.45, 7) is 0. The van der Waals surface area contributed by atoms with E-state index in [0.717, 1.165) is 38.5 Å². The maximum atomic E-state index is 12.7. The second-order valence-electron chi connectivity index (χ2n) is 6.55. The quantitative estimate of drug-likeness (QED) is 0.738. The van der Waals surface area contributed by atoms with Gasteiger partial charge in [-0.2, -0.15) is 0 Å². The Morgan fingerprint density at radius 2 is 1.63 bits per heavy atom. The summed E-state index contributed by atoms with van der Waals surface area (Å²) in [6, 6.07) is 0.0460. The van der Waals surface area contributed by atoms with E-state index in [4.69, 9.17) is 0 Å². The normalized spacial score (nSPS) is 35.1. The number of nitrogens with zero attached hydrogens (tertiary/aromatic N) is 1. The van der Waals surface area contributed by atoms with Crippen molar-refractivity contribution in [2.45, 2.75) is 76.4 Å². The molecule has 0 atom stereocenters. The van der Waals surface area contributed by atoms with Crippen LogP contribution in [0.4, 0.5) is 0 Å². The lowest BCUT2D eigenvalue weighted by Crippen LogP contribution is -2.45. The molecule has 19 heavy (non-hydrogen) atoms. The van der Waals surface area contributed by atoms with Gasteiger partial charge in [-0.3, -0.25) is 14.5 Å². The predicted molar refractivity (Wildman–Crippen MR) is 70.3 cm³/mol. The van der Waals surface area contributed by atoms with Crippen LogP contribution >= 0.6 is 0 Å². The Hall–Kier alpha value is -0.900. The van der Waals surface area contributed by atoms with E-state index in [9.17, 15) is 14.7 Å². The Labute approximate surface area is 114 Å². The zero-order valence-electron chi connectivity index (χ0n) is 11.4. The number of carbonyl (C=O) groups excluding carboxylic acids is 2. The van der Waals surface area contributed by atoms with Gasteiger partial charge in [0.25, 0.3) is 0 Å². The number of aliphatic hydroxyl groups excluding tert-OH is 1. The molecule has 106 valence electrons. The van der Waals surface area contributed by atoms with E-state index < -0.39 is 0 Å². The molecule has 0 aromatic rings. The summed E-state index contributed by atoms with van der Waals surface area (Å²) in [5.41, 5.74) is -0.356. The Morgan fingerprint density at radius 3 is 2.26 bits per heavy atom. The molecule has 1 saturated heterocycles. The second kappa shape index (κ2) is 4.89. The highest BCUT2D eigenvalue weighted by atomic mass is 16.3. The molecule has 3 aliphatic rings. The van der Waals surface area contributed by atoms with E-state index in [1.807, 2.05) is 0 Å². The monoisotopic (exact) mass is 265 g/mol. The van der Waals surface area contributed by atoms with Crippen molar-refractivity contribution in [3.05, 3.63) is 0 Å². The molecule has 2 saturated carbocycles. The van der Waals surface area contributed by atoms with Gasteiger partial charge in [0.05, 0.1) is 11.5 Å². The van der Waals surface area contributed by atoms with Crippen LogP contribution in [0.3, 0.4) is 0 Å². The van der Waals surface area contributed by atoms with E-state index in [1.165, 1.54) is 6.42 Å². The van der Waals surface area contributed by atoms with Crippen molar-refractivity contribution < 1.29 is 14.7 Å². The predicted octanol–water partition coefficient (Wildman–Crippen LogP) is 2.00. The number of aliphatic hydroxyl groups is 1. The summed E-state index contributed by atoms with van der Waals surface area (Å²) in [7, 11) is 0. The number of hydrogen-bond acceptors (Lipinski definition) is 3. The second-order valence-corrected chi connectivity index (χ2v) is 6.55. The molecule has 2 aliphatic carbocycles. The van der Waals surface area contributed by atoms with Crippen molar-refractivity contribution >= 4 is 11.8 Å². The number of imide groups is 1. The molecule has 1 spiro atoms. The van der Waals surface area contributed by atoms with Crippen LogP contribution in [-0.2, 0) is 9.59 Å². The van der Waals surface area contributed by atoms with Crippen LogP contribution in [0.2, 0.25) is 0 Å². The van der Waals surface area contributed by atoms with E-state index in [0.29, 0.717) is 19.3 Å². The Balaban J connectivity index is 1.75. The zero-order chi connectivity index (χ0) is 13.5. The molecule has 4 heteroatoms. The van der Waals surface area contributed by atoms with Crippen molar-refractivity contribution in [3.8, 4) is 0 Å². The van der Waals surface area contributed by atoms with Crippen LogP contribution < -0.4 is 0 Å². The summed E-state index contributed by atoms with van der Waals surface area (Å²) in [5.74, 6) is 0.131. The number of carbonyl (C=O) groups is 2. The van der Waals surface area contributed by atoms with E-state index in [-0.39, 0.29) is 29.4 Å². The fraction of sp³-hybridized carbons (Fsp3) is 0.867. The van der Waals surface area contributed by atoms with Crippen LogP contribution in [-0.4, -0.2) is 34.0 Å². The first-order valence-electron chi connectivity index (χ1n) is 7.67. The smallest absolute Gasteiger partial charge is 0.236 e. The molecule has 2 amide bonds. The van der Waals surface area contributed by atoms with Crippen LogP contribution in [0, 0.1) is 5.41 Å². The highest BCUT2D eigenvalue weighted by Crippen LogP contribution is 2.46. The van der Waals surface area contributed by atoms with Gasteiger partial charge in [0.1, 0.15) is 0 Å². The van der Waals surface area contributed by atoms with Crippen LogP contribution in [0.1, 0.15) is 64.2 Å². The first-order valence-corrected chi connectivity index (χ1v) is 7.67. The largest absolute Gasteiger partial charge is 0.393 e. The maximum absolute atomic E-state index is 12.7. The van der Waals surface area contributed by atoms with Crippen LogP contribution in [0.25, 0.3) is 0 Å². The topological polar surface area (TPSA) is 57.6 Å². The summed E-state index contributed by atoms with van der Waals surface area (Å²) in [6.07, 6.45) is 8.31. The van der Waals surface area contributed by atoms with Gasteiger partial charge in [-0.1, -0.05) is 19.3 Å². The highest BCUT2D eigenvalue weighted by Gasteiger charge is 2.53. The van der Waals surface area contributed by atoms with Crippen molar-refractivity contribution in [2.75, 3.05) is 0 Å². The minimum absolute atomic E-state index is 0.0355. The van der Waals surface area contributed by atoms with Crippen LogP contribution in [0.5, 0.6) is 0 Å². The van der Waals surface area contributed by atoms with Gasteiger partial charge >= 0.3 is 0 Å². The van der Waals surface area contributed by atoms with Gasteiger partial charge in [-0.15, -0.1) is 0 Å². The van der Waals surface area contributed by atoms with Gasteiger partial charge < -0.3 is 5.11 Å². The van der Waals surface area contributed by atoms with Crippen molar-refractivity contribution in [1.29, 1.82) is 0 Å². The van der Waals surface area contributed by atoms with Crippen molar-refractivity contribution in [2.24, 2.45) is 5.41 Å². The third-order valence-corrected chi connectivity index (χ3v) is 5.27. The molecule has 0 bridgehead atoms. The maximum Gasteiger partial charge on any atom is 0.236 e. The van der Waals surface area contributed by atoms with Crippen LogP contribution in [0.15, 0.2) is 0 Å². The molecule has 0 unspecified atom stereocenters. The van der Waals surface area contributed by atoms with Crippen molar-refractivity contribution in [1.82, 2.24) is 4.90 Å². The fourth-order valence-corrected chi connectivity index (χ4v) is 4.12. The first-order chi connectivity index (χ1) is 9.12. The number of rotatable bonds is 1.